The Labute approximate surface area is 116 Å². The molecule has 1 saturated heterocycles. The van der Waals surface area contributed by atoms with Crippen molar-refractivity contribution in [2.75, 3.05) is 39.9 Å². The quantitative estimate of drug-likeness (QED) is 0.712. The number of carbonyl (C=O) groups excluding carboxylic acids is 1. The van der Waals surface area contributed by atoms with E-state index >= 15 is 0 Å². The maximum Gasteiger partial charge on any atom is 0.230 e. The normalized spacial score (nSPS) is 26.9. The molecule has 2 fully saturated rings. The number of hydrogen-bond donors (Lipinski definition) is 1. The molecule has 4 nitrogen and oxygen atoms in total. The van der Waals surface area contributed by atoms with Crippen LogP contribution < -0.4 is 5.32 Å². The van der Waals surface area contributed by atoms with Crippen molar-refractivity contribution in [3.63, 3.8) is 0 Å². The van der Waals surface area contributed by atoms with Crippen molar-refractivity contribution in [1.29, 1.82) is 0 Å². The van der Waals surface area contributed by atoms with Crippen LogP contribution in [0.2, 0.25) is 0 Å². The zero-order valence-corrected chi connectivity index (χ0v) is 12.6. The molecule has 1 aliphatic carbocycles. The van der Waals surface area contributed by atoms with Gasteiger partial charge in [0, 0.05) is 26.7 Å². The Hall–Kier alpha value is -0.610. The highest BCUT2D eigenvalue weighted by molar-refractivity contribution is 5.83. The van der Waals surface area contributed by atoms with Gasteiger partial charge in [-0.25, -0.2) is 0 Å². The molecule has 1 aliphatic heterocycles. The van der Waals surface area contributed by atoms with E-state index in [2.05, 4.69) is 19.2 Å². The molecule has 1 N–H and O–H groups in total. The van der Waals surface area contributed by atoms with Gasteiger partial charge in [-0.15, -0.1) is 0 Å². The van der Waals surface area contributed by atoms with Crippen LogP contribution in [0.3, 0.4) is 0 Å². The van der Waals surface area contributed by atoms with Crippen LogP contribution >= 0.6 is 0 Å². The summed E-state index contributed by atoms with van der Waals surface area (Å²) in [7, 11) is 1.91. The van der Waals surface area contributed by atoms with Gasteiger partial charge in [0.05, 0.1) is 12.0 Å². The smallest absolute Gasteiger partial charge is 0.230 e. The van der Waals surface area contributed by atoms with Crippen LogP contribution in [0, 0.1) is 17.3 Å². The highest BCUT2D eigenvalue weighted by Gasteiger charge is 2.45. The first-order valence-electron chi connectivity index (χ1n) is 7.60. The highest BCUT2D eigenvalue weighted by atomic mass is 16.5. The summed E-state index contributed by atoms with van der Waals surface area (Å²) < 4.78 is 5.62. The molecule has 1 heterocycles. The number of hydrogen-bond acceptors (Lipinski definition) is 3. The van der Waals surface area contributed by atoms with Crippen LogP contribution in [-0.4, -0.2) is 50.7 Å². The second-order valence-corrected chi connectivity index (χ2v) is 6.48. The van der Waals surface area contributed by atoms with Crippen molar-refractivity contribution in [2.24, 2.45) is 17.3 Å². The molecule has 19 heavy (non-hydrogen) atoms. The number of carbonyl (C=O) groups is 1. The van der Waals surface area contributed by atoms with Gasteiger partial charge in [-0.2, -0.15) is 0 Å². The molecule has 2 rings (SSSR count). The molecule has 110 valence electrons. The molecule has 1 unspecified atom stereocenters. The van der Waals surface area contributed by atoms with E-state index in [0.29, 0.717) is 19.1 Å². The third kappa shape index (κ3) is 3.48. The lowest BCUT2D eigenvalue weighted by Gasteiger charge is -2.35. The molecule has 1 atom stereocenters. The van der Waals surface area contributed by atoms with Gasteiger partial charge in [-0.1, -0.05) is 13.8 Å². The van der Waals surface area contributed by atoms with Gasteiger partial charge in [0.25, 0.3) is 0 Å². The van der Waals surface area contributed by atoms with Gasteiger partial charge in [0.2, 0.25) is 5.91 Å². The van der Waals surface area contributed by atoms with Crippen LogP contribution in [0.5, 0.6) is 0 Å². The van der Waals surface area contributed by atoms with Gasteiger partial charge in [-0.3, -0.25) is 4.79 Å². The van der Waals surface area contributed by atoms with E-state index in [-0.39, 0.29) is 11.3 Å². The molecule has 0 aromatic heterocycles. The maximum absolute atomic E-state index is 12.7. The van der Waals surface area contributed by atoms with E-state index in [4.69, 9.17) is 4.74 Å². The summed E-state index contributed by atoms with van der Waals surface area (Å²) in [5.74, 6) is 1.45. The average Bonchev–Trinajstić information content (AvgIpc) is 3.07. The summed E-state index contributed by atoms with van der Waals surface area (Å²) in [5, 5.41) is 3.34. The minimum Gasteiger partial charge on any atom is -0.379 e. The Balaban J connectivity index is 1.78. The van der Waals surface area contributed by atoms with Crippen LogP contribution in [0.4, 0.5) is 0 Å². The maximum atomic E-state index is 12.7. The molecule has 0 spiro atoms. The molecule has 2 aliphatic rings. The minimum absolute atomic E-state index is 0.203. The van der Waals surface area contributed by atoms with E-state index in [1.807, 2.05) is 11.9 Å². The summed E-state index contributed by atoms with van der Waals surface area (Å²) in [6.07, 6.45) is 3.59. The van der Waals surface area contributed by atoms with Crippen molar-refractivity contribution in [3.05, 3.63) is 0 Å². The second-order valence-electron chi connectivity index (χ2n) is 6.48. The summed E-state index contributed by atoms with van der Waals surface area (Å²) in [6, 6.07) is 0. The first-order valence-corrected chi connectivity index (χ1v) is 7.60. The molecule has 0 radical (unpaired) electrons. The zero-order valence-electron chi connectivity index (χ0n) is 12.6. The third-order valence-corrected chi connectivity index (χ3v) is 4.69. The fourth-order valence-electron chi connectivity index (χ4n) is 2.85. The minimum atomic E-state index is -0.203. The second kappa shape index (κ2) is 6.23. The third-order valence-electron chi connectivity index (χ3n) is 4.69. The number of rotatable bonds is 7. The number of ether oxygens (including phenoxy) is 1. The molecule has 1 saturated carbocycles. The Morgan fingerprint density at radius 1 is 1.47 bits per heavy atom. The summed E-state index contributed by atoms with van der Waals surface area (Å²) in [6.45, 7) is 8.33. The largest absolute Gasteiger partial charge is 0.379 e. The molecule has 1 amide bonds. The topological polar surface area (TPSA) is 41.6 Å². The van der Waals surface area contributed by atoms with Crippen molar-refractivity contribution >= 4 is 5.91 Å². The predicted octanol–water partition coefficient (Wildman–Crippen LogP) is 1.51. The Morgan fingerprint density at radius 3 is 2.74 bits per heavy atom. The van der Waals surface area contributed by atoms with Gasteiger partial charge >= 0.3 is 0 Å². The zero-order chi connectivity index (χ0) is 13.9. The van der Waals surface area contributed by atoms with Crippen LogP contribution in [0.1, 0.15) is 33.1 Å². The molecule has 0 aromatic carbocycles. The van der Waals surface area contributed by atoms with Crippen molar-refractivity contribution < 1.29 is 9.53 Å². The predicted molar refractivity (Wildman–Crippen MR) is 75.9 cm³/mol. The van der Waals surface area contributed by atoms with Crippen LogP contribution in [0.25, 0.3) is 0 Å². The standard InChI is InChI=1S/C15H28N2O2/c1-12(2)15(6-7-16-11-15)14(18)17(3)8-9-19-10-13-4-5-13/h12-13,16H,4-11H2,1-3H3. The first kappa shape index (κ1) is 14.8. The number of nitrogens with one attached hydrogen (secondary N) is 1. The number of nitrogens with zero attached hydrogens (tertiary/aromatic N) is 1. The van der Waals surface area contributed by atoms with Gasteiger partial charge in [-0.05, 0) is 37.6 Å². The molecule has 4 heteroatoms. The first-order chi connectivity index (χ1) is 9.06. The van der Waals surface area contributed by atoms with E-state index in [9.17, 15) is 4.79 Å². The number of likely N-dealkylation sites (N-methyl/N-ethyl adjacent to an activating group) is 1. The van der Waals surface area contributed by atoms with E-state index < -0.39 is 0 Å². The van der Waals surface area contributed by atoms with Crippen LogP contribution in [0.15, 0.2) is 0 Å². The fourth-order valence-corrected chi connectivity index (χ4v) is 2.85. The average molecular weight is 268 g/mol. The monoisotopic (exact) mass is 268 g/mol. The molecular weight excluding hydrogens is 240 g/mol. The van der Waals surface area contributed by atoms with Gasteiger partial charge in [0.1, 0.15) is 0 Å². The molecule has 0 aromatic rings. The summed E-state index contributed by atoms with van der Waals surface area (Å²) >= 11 is 0. The Morgan fingerprint density at radius 2 is 2.21 bits per heavy atom. The Bertz CT molecular complexity index is 307. The highest BCUT2D eigenvalue weighted by Crippen LogP contribution is 2.35. The van der Waals surface area contributed by atoms with Gasteiger partial charge < -0.3 is 15.0 Å². The van der Waals surface area contributed by atoms with Crippen molar-refractivity contribution in [1.82, 2.24) is 10.2 Å². The molecular formula is C15H28N2O2. The number of amides is 1. The van der Waals surface area contributed by atoms with E-state index in [0.717, 1.165) is 32.0 Å². The van der Waals surface area contributed by atoms with E-state index in [1.54, 1.807) is 0 Å². The Kier molecular flexibility index (Phi) is 4.85. The lowest BCUT2D eigenvalue weighted by atomic mass is 9.75. The fraction of sp³-hybridized carbons (Fsp3) is 0.933. The van der Waals surface area contributed by atoms with Crippen LogP contribution in [-0.2, 0) is 9.53 Å². The SMILES string of the molecule is CC(C)C1(C(=O)N(C)CCOCC2CC2)CCNC1. The summed E-state index contributed by atoms with van der Waals surface area (Å²) in [4.78, 5) is 14.5. The van der Waals surface area contributed by atoms with Crippen molar-refractivity contribution in [3.8, 4) is 0 Å². The lowest BCUT2D eigenvalue weighted by molar-refractivity contribution is -0.143. The van der Waals surface area contributed by atoms with Crippen molar-refractivity contribution in [2.45, 2.75) is 33.1 Å². The van der Waals surface area contributed by atoms with Gasteiger partial charge in [0.15, 0.2) is 0 Å². The lowest BCUT2D eigenvalue weighted by Crippen LogP contribution is -2.47. The summed E-state index contributed by atoms with van der Waals surface area (Å²) in [5.41, 5.74) is -0.203. The molecule has 0 bridgehead atoms. The van der Waals surface area contributed by atoms with E-state index in [1.165, 1.54) is 12.8 Å².